The Kier molecular flexibility index (Phi) is 6.89. The Balaban J connectivity index is 1.46. The van der Waals surface area contributed by atoms with Crippen LogP contribution in [-0.4, -0.2) is 32.2 Å². The maximum Gasteiger partial charge on any atom is 0.262 e. The van der Waals surface area contributed by atoms with Crippen LogP contribution in [0, 0.1) is 17.5 Å². The Morgan fingerprint density at radius 3 is 2.60 bits per heavy atom. The molecule has 0 aliphatic heterocycles. The van der Waals surface area contributed by atoms with E-state index in [2.05, 4.69) is 15.0 Å². The van der Waals surface area contributed by atoms with Crippen LogP contribution in [0.3, 0.4) is 0 Å². The topological polar surface area (TPSA) is 111 Å². The first-order valence-corrected chi connectivity index (χ1v) is 12.3. The van der Waals surface area contributed by atoms with Gasteiger partial charge in [-0.05, 0) is 42.5 Å². The fraction of sp³-hybridized carbons (Fsp3) is 0.0909. The van der Waals surface area contributed by atoms with Crippen molar-refractivity contribution >= 4 is 50.2 Å². The molecule has 4 rings (SSSR count). The lowest BCUT2D eigenvalue weighted by atomic mass is 10.3. The Bertz CT molecular complexity index is 1530. The summed E-state index contributed by atoms with van der Waals surface area (Å²) in [7, 11) is -2.56. The molecular formula is C22H16F3N3O5S2. The molecule has 0 saturated heterocycles. The van der Waals surface area contributed by atoms with E-state index in [-0.39, 0.29) is 32.7 Å². The van der Waals surface area contributed by atoms with Crippen molar-refractivity contribution in [3.05, 3.63) is 72.0 Å². The van der Waals surface area contributed by atoms with E-state index in [0.29, 0.717) is 11.8 Å². The van der Waals surface area contributed by atoms with Gasteiger partial charge >= 0.3 is 0 Å². The molecule has 8 nitrogen and oxygen atoms in total. The van der Waals surface area contributed by atoms with Crippen LogP contribution < -0.4 is 14.8 Å². The number of hydrogen-bond donors (Lipinski definition) is 2. The van der Waals surface area contributed by atoms with Gasteiger partial charge < -0.3 is 14.5 Å². The third-order valence-corrected chi connectivity index (χ3v) is 6.83. The van der Waals surface area contributed by atoms with E-state index in [1.54, 1.807) is 24.3 Å². The molecule has 182 valence electrons. The van der Waals surface area contributed by atoms with Gasteiger partial charge in [0.2, 0.25) is 5.91 Å². The second-order valence-corrected chi connectivity index (χ2v) is 9.58. The van der Waals surface area contributed by atoms with Gasteiger partial charge in [0.1, 0.15) is 11.3 Å². The number of fused-ring (bicyclic) bond motifs is 1. The molecule has 3 aromatic carbocycles. The fourth-order valence-electron chi connectivity index (χ4n) is 2.98. The van der Waals surface area contributed by atoms with E-state index in [0.717, 1.165) is 17.8 Å². The molecule has 0 radical (unpaired) electrons. The van der Waals surface area contributed by atoms with Crippen LogP contribution in [0.25, 0.3) is 11.1 Å². The number of ether oxygens (including phenoxy) is 1. The highest BCUT2D eigenvalue weighted by molar-refractivity contribution is 7.99. The molecule has 13 heteroatoms. The minimum atomic E-state index is -3.97. The maximum atomic E-state index is 13.7. The number of nitrogens with zero attached hydrogens (tertiary/aromatic N) is 1. The average molecular weight is 524 g/mol. The molecule has 1 amide bonds. The van der Waals surface area contributed by atoms with Gasteiger partial charge in [-0.2, -0.15) is 0 Å². The predicted molar refractivity (Wildman–Crippen MR) is 123 cm³/mol. The third-order valence-electron chi connectivity index (χ3n) is 4.64. The number of anilines is 2. The van der Waals surface area contributed by atoms with Crippen LogP contribution in [0.4, 0.5) is 24.5 Å². The molecule has 0 fully saturated rings. The summed E-state index contributed by atoms with van der Waals surface area (Å²) in [6.07, 6.45) is 0. The van der Waals surface area contributed by atoms with Crippen LogP contribution in [0.15, 0.2) is 69.1 Å². The zero-order valence-corrected chi connectivity index (χ0v) is 19.5. The first-order chi connectivity index (χ1) is 16.7. The largest absolute Gasteiger partial charge is 0.495 e. The molecule has 0 aliphatic carbocycles. The molecule has 0 bridgehead atoms. The number of nitrogens with one attached hydrogen (secondary N) is 2. The first kappa shape index (κ1) is 24.4. The third kappa shape index (κ3) is 5.35. The number of hydrogen-bond acceptors (Lipinski definition) is 7. The lowest BCUT2D eigenvalue weighted by Crippen LogP contribution is -2.15. The number of aromatic nitrogens is 1. The Hall–Kier alpha value is -3.71. The normalized spacial score (nSPS) is 11.4. The van der Waals surface area contributed by atoms with Gasteiger partial charge in [0, 0.05) is 0 Å². The second-order valence-electron chi connectivity index (χ2n) is 6.97. The van der Waals surface area contributed by atoms with Crippen molar-refractivity contribution in [2.24, 2.45) is 0 Å². The molecule has 4 aromatic rings. The highest BCUT2D eigenvalue weighted by Crippen LogP contribution is 2.29. The fourth-order valence-corrected chi connectivity index (χ4v) is 4.71. The number of methoxy groups -OCH3 is 1. The molecule has 1 heterocycles. The number of para-hydroxylation sites is 2. The number of oxazole rings is 1. The Morgan fingerprint density at radius 1 is 1.06 bits per heavy atom. The highest BCUT2D eigenvalue weighted by Gasteiger charge is 2.19. The molecule has 0 spiro atoms. The molecule has 1 aromatic heterocycles. The van der Waals surface area contributed by atoms with Crippen LogP contribution in [-0.2, 0) is 14.8 Å². The minimum Gasteiger partial charge on any atom is -0.495 e. The van der Waals surface area contributed by atoms with Gasteiger partial charge in [-0.3, -0.25) is 9.52 Å². The summed E-state index contributed by atoms with van der Waals surface area (Å²) in [5.74, 6) is -5.24. The van der Waals surface area contributed by atoms with Gasteiger partial charge in [-0.25, -0.2) is 26.6 Å². The van der Waals surface area contributed by atoms with E-state index in [4.69, 9.17) is 9.15 Å². The monoisotopic (exact) mass is 523 g/mol. The maximum absolute atomic E-state index is 13.7. The van der Waals surface area contributed by atoms with Crippen molar-refractivity contribution in [3.8, 4) is 5.75 Å². The lowest BCUT2D eigenvalue weighted by Gasteiger charge is -2.11. The molecule has 0 aliphatic rings. The minimum absolute atomic E-state index is 0.0492. The average Bonchev–Trinajstić information content (AvgIpc) is 3.25. The van der Waals surface area contributed by atoms with Crippen LogP contribution in [0.5, 0.6) is 5.75 Å². The summed E-state index contributed by atoms with van der Waals surface area (Å²) >= 11 is 0.846. The van der Waals surface area contributed by atoms with E-state index in [1.165, 1.54) is 25.3 Å². The zero-order chi connectivity index (χ0) is 25.2. The molecule has 35 heavy (non-hydrogen) atoms. The van der Waals surface area contributed by atoms with Crippen molar-refractivity contribution in [3.63, 3.8) is 0 Å². The Morgan fingerprint density at radius 2 is 1.83 bits per heavy atom. The second kappa shape index (κ2) is 9.88. The van der Waals surface area contributed by atoms with E-state index >= 15 is 0 Å². The number of thioether (sulfide) groups is 1. The molecule has 2 N–H and O–H groups in total. The number of rotatable bonds is 8. The Labute approximate surface area is 201 Å². The summed E-state index contributed by atoms with van der Waals surface area (Å²) in [5, 5.41) is 2.18. The van der Waals surface area contributed by atoms with Crippen molar-refractivity contribution in [1.82, 2.24) is 4.98 Å². The zero-order valence-electron chi connectivity index (χ0n) is 17.8. The van der Waals surface area contributed by atoms with Crippen molar-refractivity contribution in [2.75, 3.05) is 22.9 Å². The number of benzene rings is 3. The summed E-state index contributed by atoms with van der Waals surface area (Å²) in [4.78, 5) is 16.2. The van der Waals surface area contributed by atoms with Gasteiger partial charge in [0.25, 0.3) is 15.2 Å². The van der Waals surface area contributed by atoms with Crippen molar-refractivity contribution < 1.29 is 35.5 Å². The number of amides is 1. The number of halogens is 3. The standard InChI is InChI=1S/C22H16F3N3O5S2/c1-32-17-5-3-2-4-14(17)28-35(30,31)12-6-9-18-16(10-12)27-22(33-18)34-11-19(29)26-15-8-7-13(23)20(24)21(15)25/h2-10,28H,11H2,1H3,(H,26,29). The highest BCUT2D eigenvalue weighted by atomic mass is 32.2. The number of carbonyl (C=O) groups excluding carboxylic acids is 1. The smallest absolute Gasteiger partial charge is 0.262 e. The van der Waals surface area contributed by atoms with Crippen LogP contribution >= 0.6 is 11.8 Å². The van der Waals surface area contributed by atoms with Crippen LogP contribution in [0.1, 0.15) is 0 Å². The molecular weight excluding hydrogens is 507 g/mol. The van der Waals surface area contributed by atoms with E-state index in [9.17, 15) is 26.4 Å². The van der Waals surface area contributed by atoms with Gasteiger partial charge in [0.05, 0.1) is 29.1 Å². The quantitative estimate of drug-likeness (QED) is 0.253. The SMILES string of the molecule is COc1ccccc1NS(=O)(=O)c1ccc2oc(SCC(=O)Nc3ccc(F)c(F)c3F)nc2c1. The lowest BCUT2D eigenvalue weighted by molar-refractivity contribution is -0.113. The molecule has 0 unspecified atom stereocenters. The summed E-state index contributed by atoms with van der Waals surface area (Å²) in [5.41, 5.74) is 0.248. The number of sulfonamides is 1. The summed E-state index contributed by atoms with van der Waals surface area (Å²) in [6.45, 7) is 0. The summed E-state index contributed by atoms with van der Waals surface area (Å²) < 4.78 is 78.8. The van der Waals surface area contributed by atoms with E-state index in [1.807, 2.05) is 0 Å². The van der Waals surface area contributed by atoms with Crippen LogP contribution in [0.2, 0.25) is 0 Å². The molecule has 0 saturated carbocycles. The first-order valence-electron chi connectivity index (χ1n) is 9.80. The molecule has 0 atom stereocenters. The number of carbonyl (C=O) groups is 1. The van der Waals surface area contributed by atoms with E-state index < -0.39 is 39.1 Å². The van der Waals surface area contributed by atoms with Gasteiger partial charge in [-0.15, -0.1) is 0 Å². The van der Waals surface area contributed by atoms with Gasteiger partial charge in [0.15, 0.2) is 23.0 Å². The van der Waals surface area contributed by atoms with Crippen molar-refractivity contribution in [1.29, 1.82) is 0 Å². The predicted octanol–water partition coefficient (Wildman–Crippen LogP) is 4.79. The van der Waals surface area contributed by atoms with Crippen molar-refractivity contribution in [2.45, 2.75) is 10.1 Å². The van der Waals surface area contributed by atoms with Gasteiger partial charge in [-0.1, -0.05) is 23.9 Å². The summed E-state index contributed by atoms with van der Waals surface area (Å²) in [6, 6.07) is 12.2.